The van der Waals surface area contributed by atoms with E-state index >= 15 is 0 Å². The summed E-state index contributed by atoms with van der Waals surface area (Å²) in [5.74, 6) is 1.75. The van der Waals surface area contributed by atoms with Gasteiger partial charge in [-0.3, -0.25) is 0 Å². The van der Waals surface area contributed by atoms with E-state index in [-0.39, 0.29) is 17.0 Å². The first-order chi connectivity index (χ1) is 11.3. The molecule has 1 atom stereocenters. The monoisotopic (exact) mass is 389 g/mol. The van der Waals surface area contributed by atoms with E-state index in [2.05, 4.69) is 59.5 Å². The summed E-state index contributed by atoms with van der Waals surface area (Å²) in [4.78, 5) is 2.64. The molecule has 1 saturated heterocycles. The van der Waals surface area contributed by atoms with Crippen molar-refractivity contribution in [2.24, 2.45) is 5.92 Å². The summed E-state index contributed by atoms with van der Waals surface area (Å²) in [5, 5.41) is 0. The summed E-state index contributed by atoms with van der Waals surface area (Å²) in [7, 11) is 1.72. The van der Waals surface area contributed by atoms with E-state index < -0.39 is 0 Å². The van der Waals surface area contributed by atoms with E-state index in [1.807, 2.05) is 0 Å². The van der Waals surface area contributed by atoms with Crippen molar-refractivity contribution >= 4 is 17.0 Å². The number of nitrogens with zero attached hydrogens (tertiary/aromatic N) is 1. The Morgan fingerprint density at radius 3 is 2.46 bits per heavy atom. The molecule has 0 radical (unpaired) electrons. The summed E-state index contributed by atoms with van der Waals surface area (Å²) in [6.07, 6.45) is 5.05. The molecule has 1 aliphatic rings. The van der Waals surface area contributed by atoms with Gasteiger partial charge in [-0.25, -0.2) is 0 Å². The molecule has 0 N–H and O–H groups in total. The maximum absolute atomic E-state index is 5.22. The fraction of sp³-hybridized carbons (Fsp3) is 0.429. The van der Waals surface area contributed by atoms with Crippen LogP contribution in [-0.4, -0.2) is 31.6 Å². The van der Waals surface area contributed by atoms with Crippen molar-refractivity contribution in [3.8, 4) is 5.75 Å². The Morgan fingerprint density at radius 2 is 1.75 bits per heavy atom. The summed E-state index contributed by atoms with van der Waals surface area (Å²) in [6, 6.07) is 19.4. The zero-order valence-corrected chi connectivity index (χ0v) is 16.2. The maximum atomic E-state index is 5.22. The number of benzene rings is 2. The second-order valence-corrected chi connectivity index (χ2v) is 6.60. The third-order valence-electron chi connectivity index (χ3n) is 4.85. The summed E-state index contributed by atoms with van der Waals surface area (Å²) in [6.45, 7) is 3.66. The van der Waals surface area contributed by atoms with Crippen molar-refractivity contribution < 1.29 is 4.74 Å². The molecule has 1 unspecified atom stereocenters. The van der Waals surface area contributed by atoms with E-state index in [1.54, 1.807) is 7.11 Å². The molecule has 2 aromatic carbocycles. The van der Waals surface area contributed by atoms with Gasteiger partial charge in [0, 0.05) is 13.1 Å². The van der Waals surface area contributed by atoms with Crippen LogP contribution < -0.4 is 4.74 Å². The van der Waals surface area contributed by atoms with Gasteiger partial charge in [-0.2, -0.15) is 0 Å². The van der Waals surface area contributed by atoms with Crippen LogP contribution >= 0.6 is 17.0 Å². The van der Waals surface area contributed by atoms with Crippen LogP contribution in [0.2, 0.25) is 0 Å². The highest BCUT2D eigenvalue weighted by Gasteiger charge is 2.19. The van der Waals surface area contributed by atoms with Crippen molar-refractivity contribution in [3.63, 3.8) is 0 Å². The van der Waals surface area contributed by atoms with E-state index in [0.29, 0.717) is 0 Å². The Bertz CT molecular complexity index is 585. The van der Waals surface area contributed by atoms with Crippen molar-refractivity contribution in [1.29, 1.82) is 0 Å². The molecule has 1 heterocycles. The summed E-state index contributed by atoms with van der Waals surface area (Å²) < 4.78 is 5.22. The van der Waals surface area contributed by atoms with Crippen LogP contribution in [0, 0.1) is 5.92 Å². The minimum atomic E-state index is 0. The predicted octanol–water partition coefficient (Wildman–Crippen LogP) is 4.77. The fourth-order valence-electron chi connectivity index (χ4n) is 3.55. The lowest BCUT2D eigenvalue weighted by atomic mass is 9.91. The lowest BCUT2D eigenvalue weighted by Gasteiger charge is -2.33. The maximum Gasteiger partial charge on any atom is 0.118 e. The first-order valence-electron chi connectivity index (χ1n) is 8.72. The molecule has 0 saturated carbocycles. The van der Waals surface area contributed by atoms with Gasteiger partial charge in [-0.15, -0.1) is 17.0 Å². The van der Waals surface area contributed by atoms with Crippen LogP contribution in [0.5, 0.6) is 5.75 Å². The van der Waals surface area contributed by atoms with Crippen LogP contribution in [0.25, 0.3) is 0 Å². The van der Waals surface area contributed by atoms with Crippen LogP contribution in [0.1, 0.15) is 24.0 Å². The Hall–Kier alpha value is -1.32. The average molecular weight is 390 g/mol. The van der Waals surface area contributed by atoms with E-state index in [9.17, 15) is 0 Å². The highest BCUT2D eigenvalue weighted by Crippen LogP contribution is 2.21. The number of likely N-dealkylation sites (tertiary alicyclic amines) is 1. The van der Waals surface area contributed by atoms with E-state index in [4.69, 9.17) is 4.74 Å². The molecule has 24 heavy (non-hydrogen) atoms. The van der Waals surface area contributed by atoms with E-state index in [1.165, 1.54) is 43.5 Å². The second-order valence-electron chi connectivity index (χ2n) is 6.60. The largest absolute Gasteiger partial charge is 0.497 e. The van der Waals surface area contributed by atoms with Gasteiger partial charge in [0.2, 0.25) is 0 Å². The SMILES string of the molecule is Br.COc1ccc(CCN2CCCC(Cc3ccccc3)C2)cc1. The van der Waals surface area contributed by atoms with Crippen LogP contribution in [-0.2, 0) is 12.8 Å². The molecular formula is C21H28BrNO. The molecule has 2 nitrogen and oxygen atoms in total. The van der Waals surface area contributed by atoms with Gasteiger partial charge in [0.15, 0.2) is 0 Å². The minimum Gasteiger partial charge on any atom is -0.497 e. The normalized spacial score (nSPS) is 18.0. The molecule has 130 valence electrons. The highest BCUT2D eigenvalue weighted by molar-refractivity contribution is 8.93. The third kappa shape index (κ3) is 5.64. The molecular weight excluding hydrogens is 362 g/mol. The number of halogens is 1. The Labute approximate surface area is 156 Å². The molecule has 1 fully saturated rings. The zero-order chi connectivity index (χ0) is 15.9. The molecule has 0 aromatic heterocycles. The van der Waals surface area contributed by atoms with E-state index in [0.717, 1.165) is 24.6 Å². The molecule has 3 heteroatoms. The number of ether oxygens (including phenoxy) is 1. The molecule has 0 amide bonds. The first-order valence-corrected chi connectivity index (χ1v) is 8.72. The number of hydrogen-bond acceptors (Lipinski definition) is 2. The summed E-state index contributed by atoms with van der Waals surface area (Å²) >= 11 is 0. The molecule has 0 bridgehead atoms. The average Bonchev–Trinajstić information content (AvgIpc) is 2.62. The lowest BCUT2D eigenvalue weighted by Crippen LogP contribution is -2.37. The van der Waals surface area contributed by atoms with Crippen molar-refractivity contribution in [2.75, 3.05) is 26.7 Å². The number of hydrogen-bond donors (Lipinski definition) is 0. The van der Waals surface area contributed by atoms with Gasteiger partial charge in [0.05, 0.1) is 7.11 Å². The molecule has 0 spiro atoms. The molecule has 3 rings (SSSR count). The number of methoxy groups -OCH3 is 1. The lowest BCUT2D eigenvalue weighted by molar-refractivity contribution is 0.176. The molecule has 1 aliphatic heterocycles. The van der Waals surface area contributed by atoms with Gasteiger partial charge >= 0.3 is 0 Å². The number of piperidine rings is 1. The highest BCUT2D eigenvalue weighted by atomic mass is 79.9. The smallest absolute Gasteiger partial charge is 0.118 e. The van der Waals surface area contributed by atoms with Crippen molar-refractivity contribution in [3.05, 3.63) is 65.7 Å². The third-order valence-corrected chi connectivity index (χ3v) is 4.85. The van der Waals surface area contributed by atoms with Gasteiger partial charge in [-0.05, 0) is 61.4 Å². The topological polar surface area (TPSA) is 12.5 Å². The van der Waals surface area contributed by atoms with Crippen molar-refractivity contribution in [1.82, 2.24) is 4.90 Å². The Kier molecular flexibility index (Phi) is 7.80. The first kappa shape index (κ1) is 19.0. The number of rotatable bonds is 6. The Morgan fingerprint density at radius 1 is 1.00 bits per heavy atom. The summed E-state index contributed by atoms with van der Waals surface area (Å²) in [5.41, 5.74) is 2.88. The van der Waals surface area contributed by atoms with Crippen molar-refractivity contribution in [2.45, 2.75) is 25.7 Å². The Balaban J connectivity index is 0.00000208. The van der Waals surface area contributed by atoms with Crippen LogP contribution in [0.4, 0.5) is 0 Å². The predicted molar refractivity (Wildman–Crippen MR) is 106 cm³/mol. The standard InChI is InChI=1S/C21H27NO.BrH/c1-23-21-11-9-18(10-12-21)13-15-22-14-5-8-20(17-22)16-19-6-3-2-4-7-19;/h2-4,6-7,9-12,20H,5,8,13-17H2,1H3;1H. The second kappa shape index (κ2) is 9.85. The minimum absolute atomic E-state index is 0. The molecule has 0 aliphatic carbocycles. The van der Waals surface area contributed by atoms with Crippen LogP contribution in [0.15, 0.2) is 54.6 Å². The molecule has 2 aromatic rings. The quantitative estimate of drug-likeness (QED) is 0.705. The zero-order valence-electron chi connectivity index (χ0n) is 14.5. The van der Waals surface area contributed by atoms with Crippen LogP contribution in [0.3, 0.4) is 0 Å². The van der Waals surface area contributed by atoms with Gasteiger partial charge in [-0.1, -0.05) is 42.5 Å². The fourth-order valence-corrected chi connectivity index (χ4v) is 3.55. The van der Waals surface area contributed by atoms with Gasteiger partial charge in [0.25, 0.3) is 0 Å². The van der Waals surface area contributed by atoms with Gasteiger partial charge < -0.3 is 9.64 Å². The van der Waals surface area contributed by atoms with Gasteiger partial charge in [0.1, 0.15) is 5.75 Å².